The fraction of sp³-hybridized carbons (Fsp3) is 0.600. The minimum Gasteiger partial charge on any atom is -0.393 e. The molecule has 1 aromatic carbocycles. The van der Waals surface area contributed by atoms with Gasteiger partial charge in [-0.25, -0.2) is 12.8 Å². The Morgan fingerprint density at radius 1 is 1.29 bits per heavy atom. The molecule has 1 aliphatic heterocycles. The van der Waals surface area contributed by atoms with Crippen molar-refractivity contribution in [2.45, 2.75) is 43.6 Å². The van der Waals surface area contributed by atoms with Crippen LogP contribution in [0.25, 0.3) is 0 Å². The lowest BCUT2D eigenvalue weighted by Crippen LogP contribution is -2.53. The minimum atomic E-state index is -3.66. The van der Waals surface area contributed by atoms with Gasteiger partial charge < -0.3 is 5.11 Å². The fourth-order valence-corrected chi connectivity index (χ4v) is 5.11. The Bertz CT molecular complexity index is 651. The highest BCUT2D eigenvalue weighted by molar-refractivity contribution is 7.89. The molecule has 0 aromatic heterocycles. The third kappa shape index (κ3) is 2.39. The molecular formula is C15H20FNO3S. The van der Waals surface area contributed by atoms with E-state index >= 15 is 0 Å². The highest BCUT2D eigenvalue weighted by Crippen LogP contribution is 2.49. The van der Waals surface area contributed by atoms with Crippen LogP contribution in [-0.2, 0) is 10.0 Å². The summed E-state index contributed by atoms with van der Waals surface area (Å²) in [5, 5.41) is 9.89. The Labute approximate surface area is 124 Å². The molecule has 21 heavy (non-hydrogen) atoms. The van der Waals surface area contributed by atoms with Crippen molar-refractivity contribution in [3.8, 4) is 0 Å². The van der Waals surface area contributed by atoms with Crippen LogP contribution in [-0.4, -0.2) is 37.0 Å². The Hall–Kier alpha value is -0.980. The molecule has 1 aliphatic carbocycles. The summed E-state index contributed by atoms with van der Waals surface area (Å²) in [6.45, 7) is 2.47. The number of piperidine rings is 1. The van der Waals surface area contributed by atoms with E-state index in [-0.39, 0.29) is 16.4 Å². The molecule has 1 N–H and O–H groups in total. The van der Waals surface area contributed by atoms with Crippen molar-refractivity contribution >= 4 is 10.0 Å². The van der Waals surface area contributed by atoms with Crippen LogP contribution in [0, 0.1) is 18.2 Å². The number of benzene rings is 1. The lowest BCUT2D eigenvalue weighted by atomic mass is 9.61. The van der Waals surface area contributed by atoms with Crippen molar-refractivity contribution in [2.24, 2.45) is 5.41 Å². The second-order valence-electron chi connectivity index (χ2n) is 6.23. The molecule has 1 heterocycles. The molecule has 2 aliphatic rings. The predicted molar refractivity (Wildman–Crippen MR) is 76.8 cm³/mol. The maximum Gasteiger partial charge on any atom is 0.243 e. The van der Waals surface area contributed by atoms with E-state index in [0.717, 1.165) is 18.9 Å². The van der Waals surface area contributed by atoms with Crippen LogP contribution in [0.1, 0.15) is 31.2 Å². The summed E-state index contributed by atoms with van der Waals surface area (Å²) < 4.78 is 40.1. The fourth-order valence-electron chi connectivity index (χ4n) is 3.43. The SMILES string of the molecule is Cc1ccc(F)cc1S(=O)(=O)N1CCC2(CCC2O)CC1. The zero-order valence-corrected chi connectivity index (χ0v) is 12.9. The lowest BCUT2D eigenvalue weighted by Gasteiger charge is -2.51. The molecule has 1 unspecified atom stereocenters. The number of aryl methyl sites for hydroxylation is 1. The third-order valence-electron chi connectivity index (χ3n) is 5.11. The number of aliphatic hydroxyl groups excluding tert-OH is 1. The largest absolute Gasteiger partial charge is 0.393 e. The molecular weight excluding hydrogens is 293 g/mol. The van der Waals surface area contributed by atoms with E-state index in [1.165, 1.54) is 16.4 Å². The first-order chi connectivity index (χ1) is 9.85. The molecule has 4 nitrogen and oxygen atoms in total. The van der Waals surface area contributed by atoms with Gasteiger partial charge in [0, 0.05) is 13.1 Å². The van der Waals surface area contributed by atoms with Crippen molar-refractivity contribution in [3.05, 3.63) is 29.6 Å². The van der Waals surface area contributed by atoms with Crippen molar-refractivity contribution in [3.63, 3.8) is 0 Å². The van der Waals surface area contributed by atoms with Crippen molar-refractivity contribution in [2.75, 3.05) is 13.1 Å². The summed E-state index contributed by atoms with van der Waals surface area (Å²) in [5.41, 5.74) is 0.476. The van der Waals surface area contributed by atoms with Gasteiger partial charge in [-0.1, -0.05) is 6.07 Å². The summed E-state index contributed by atoms with van der Waals surface area (Å²) in [7, 11) is -3.66. The number of rotatable bonds is 2. The average molecular weight is 313 g/mol. The average Bonchev–Trinajstić information content (AvgIpc) is 2.48. The minimum absolute atomic E-state index is 0.0487. The Morgan fingerprint density at radius 2 is 1.95 bits per heavy atom. The molecule has 1 aromatic rings. The number of sulfonamides is 1. The first kappa shape index (κ1) is 14.9. The molecule has 3 rings (SSSR count). The van der Waals surface area contributed by atoms with E-state index in [9.17, 15) is 17.9 Å². The molecule has 6 heteroatoms. The normalized spacial score (nSPS) is 25.8. The highest BCUT2D eigenvalue weighted by Gasteiger charge is 2.48. The van der Waals surface area contributed by atoms with Gasteiger partial charge in [0.15, 0.2) is 0 Å². The van der Waals surface area contributed by atoms with E-state index in [0.29, 0.717) is 31.5 Å². The predicted octanol–water partition coefficient (Wildman–Crippen LogP) is 2.06. The summed E-state index contributed by atoms with van der Waals surface area (Å²) in [4.78, 5) is 0.0487. The molecule has 0 bridgehead atoms. The molecule has 1 spiro atoms. The maximum absolute atomic E-state index is 13.4. The monoisotopic (exact) mass is 313 g/mol. The lowest BCUT2D eigenvalue weighted by molar-refractivity contribution is -0.0911. The second-order valence-corrected chi connectivity index (χ2v) is 8.14. The zero-order valence-electron chi connectivity index (χ0n) is 12.0. The van der Waals surface area contributed by atoms with E-state index in [2.05, 4.69) is 0 Å². The van der Waals surface area contributed by atoms with E-state index in [1.807, 2.05) is 0 Å². The van der Waals surface area contributed by atoms with Crippen LogP contribution in [0.2, 0.25) is 0 Å². The Kier molecular flexibility index (Phi) is 3.58. The summed E-state index contributed by atoms with van der Waals surface area (Å²) >= 11 is 0. The smallest absolute Gasteiger partial charge is 0.243 e. The van der Waals surface area contributed by atoms with Gasteiger partial charge in [0.05, 0.1) is 11.0 Å². The van der Waals surface area contributed by atoms with E-state index in [1.54, 1.807) is 6.92 Å². The quantitative estimate of drug-likeness (QED) is 0.909. The van der Waals surface area contributed by atoms with Crippen LogP contribution >= 0.6 is 0 Å². The Morgan fingerprint density at radius 3 is 2.48 bits per heavy atom. The molecule has 1 saturated carbocycles. The summed E-state index contributed by atoms with van der Waals surface area (Å²) in [6.07, 6.45) is 2.86. The first-order valence-corrected chi connectivity index (χ1v) is 8.74. The van der Waals surface area contributed by atoms with Crippen LogP contribution in [0.4, 0.5) is 4.39 Å². The number of aliphatic hydroxyl groups is 1. The van der Waals surface area contributed by atoms with Gasteiger partial charge in [-0.05, 0) is 55.7 Å². The standard InChI is InChI=1S/C15H20FNO3S/c1-11-2-3-12(16)10-13(11)21(19,20)17-8-6-15(7-9-17)5-4-14(15)18/h2-3,10,14,18H,4-9H2,1H3. The molecule has 116 valence electrons. The third-order valence-corrected chi connectivity index (χ3v) is 7.15. The van der Waals surface area contributed by atoms with Gasteiger partial charge in [-0.3, -0.25) is 0 Å². The van der Waals surface area contributed by atoms with E-state index < -0.39 is 15.8 Å². The molecule has 2 fully saturated rings. The number of hydrogen-bond donors (Lipinski definition) is 1. The van der Waals surface area contributed by atoms with Crippen molar-refractivity contribution < 1.29 is 17.9 Å². The van der Waals surface area contributed by atoms with Crippen LogP contribution < -0.4 is 0 Å². The number of nitrogens with zero attached hydrogens (tertiary/aromatic N) is 1. The van der Waals surface area contributed by atoms with Crippen molar-refractivity contribution in [1.82, 2.24) is 4.31 Å². The Balaban J connectivity index is 1.82. The summed E-state index contributed by atoms with van der Waals surface area (Å²) in [6, 6.07) is 3.85. The van der Waals surface area contributed by atoms with Gasteiger partial charge in [-0.15, -0.1) is 0 Å². The number of halogens is 1. The second kappa shape index (κ2) is 5.04. The van der Waals surface area contributed by atoms with E-state index in [4.69, 9.17) is 0 Å². The van der Waals surface area contributed by atoms with Gasteiger partial charge in [0.2, 0.25) is 10.0 Å². The maximum atomic E-state index is 13.4. The van der Waals surface area contributed by atoms with Crippen LogP contribution in [0.3, 0.4) is 0 Å². The van der Waals surface area contributed by atoms with Crippen LogP contribution in [0.15, 0.2) is 23.1 Å². The molecule has 1 atom stereocenters. The van der Waals surface area contributed by atoms with Crippen molar-refractivity contribution in [1.29, 1.82) is 0 Å². The number of hydrogen-bond acceptors (Lipinski definition) is 3. The zero-order chi connectivity index (χ0) is 15.3. The highest BCUT2D eigenvalue weighted by atomic mass is 32.2. The topological polar surface area (TPSA) is 57.6 Å². The molecule has 1 saturated heterocycles. The van der Waals surface area contributed by atoms with Gasteiger partial charge in [0.1, 0.15) is 5.82 Å². The summed E-state index contributed by atoms with van der Waals surface area (Å²) in [5.74, 6) is -0.540. The van der Waals surface area contributed by atoms with Gasteiger partial charge in [0.25, 0.3) is 0 Å². The first-order valence-electron chi connectivity index (χ1n) is 7.30. The van der Waals surface area contributed by atoms with Crippen LogP contribution in [0.5, 0.6) is 0 Å². The molecule has 0 amide bonds. The van der Waals surface area contributed by atoms with Gasteiger partial charge >= 0.3 is 0 Å². The van der Waals surface area contributed by atoms with Gasteiger partial charge in [-0.2, -0.15) is 4.31 Å². The molecule has 0 radical (unpaired) electrons.